The van der Waals surface area contributed by atoms with E-state index in [0.717, 1.165) is 0 Å². The Labute approximate surface area is 82.2 Å². The summed E-state index contributed by atoms with van der Waals surface area (Å²) in [5.41, 5.74) is 0. The molecule has 0 aliphatic carbocycles. The summed E-state index contributed by atoms with van der Waals surface area (Å²) in [6.07, 6.45) is -4.12. The van der Waals surface area contributed by atoms with Gasteiger partial charge in [0.15, 0.2) is 0 Å². The molecule has 0 aromatic rings. The second kappa shape index (κ2) is 3.22. The van der Waals surface area contributed by atoms with E-state index in [-0.39, 0.29) is 6.61 Å². The molecule has 1 rings (SSSR count). The van der Waals surface area contributed by atoms with Crippen molar-refractivity contribution < 1.29 is 22.6 Å². The lowest BCUT2D eigenvalue weighted by atomic mass is 10.4. The van der Waals surface area contributed by atoms with Gasteiger partial charge in [-0.3, -0.25) is 4.74 Å². The molecule has 0 saturated carbocycles. The summed E-state index contributed by atoms with van der Waals surface area (Å²) in [5, 5.41) is 0. The van der Waals surface area contributed by atoms with Gasteiger partial charge in [0.2, 0.25) is 11.6 Å². The molecule has 2 nitrogen and oxygen atoms in total. The van der Waals surface area contributed by atoms with Crippen LogP contribution < -0.4 is 0 Å². The van der Waals surface area contributed by atoms with Crippen molar-refractivity contribution in [1.29, 1.82) is 0 Å². The van der Waals surface area contributed by atoms with Crippen LogP contribution in [0.2, 0.25) is 0 Å². The van der Waals surface area contributed by atoms with Crippen LogP contribution >= 0.6 is 23.2 Å². The highest BCUT2D eigenvalue weighted by molar-refractivity contribution is 6.49. The minimum Gasteiger partial charge on any atom is -0.490 e. The van der Waals surface area contributed by atoms with E-state index in [2.05, 4.69) is 9.47 Å². The van der Waals surface area contributed by atoms with E-state index in [9.17, 15) is 13.2 Å². The zero-order valence-electron chi connectivity index (χ0n) is 6.41. The first-order valence-electron chi connectivity index (χ1n) is 3.30. The third-order valence-corrected chi connectivity index (χ3v) is 1.76. The Kier molecular flexibility index (Phi) is 2.71. The van der Waals surface area contributed by atoms with Gasteiger partial charge in [-0.15, -0.1) is 0 Å². The standard InChI is InChI=1S/C6H5Cl2F3O2/c1-2-12-4-3(9)6(10,11)13-5(4,7)8/h2H2,1H3. The average Bonchev–Trinajstić information content (AvgIpc) is 2.09. The molecule has 0 bridgehead atoms. The number of rotatable bonds is 2. The highest BCUT2D eigenvalue weighted by atomic mass is 35.5. The summed E-state index contributed by atoms with van der Waals surface area (Å²) in [7, 11) is 0. The van der Waals surface area contributed by atoms with E-state index in [0.29, 0.717) is 0 Å². The zero-order chi connectivity index (χ0) is 10.3. The predicted molar refractivity (Wildman–Crippen MR) is 40.2 cm³/mol. The first-order valence-corrected chi connectivity index (χ1v) is 4.06. The fourth-order valence-corrected chi connectivity index (χ4v) is 1.27. The Balaban J connectivity index is 3.03. The van der Waals surface area contributed by atoms with Crippen molar-refractivity contribution in [3.8, 4) is 0 Å². The first-order chi connectivity index (χ1) is 5.81. The molecule has 76 valence electrons. The van der Waals surface area contributed by atoms with Crippen LogP contribution in [0.25, 0.3) is 0 Å². The maximum absolute atomic E-state index is 12.8. The number of ether oxygens (including phenoxy) is 2. The minimum atomic E-state index is -4.12. The average molecular weight is 237 g/mol. The lowest BCUT2D eigenvalue weighted by molar-refractivity contribution is -0.216. The molecule has 1 aliphatic rings. The molecule has 0 aromatic heterocycles. The van der Waals surface area contributed by atoms with Gasteiger partial charge in [0, 0.05) is 0 Å². The van der Waals surface area contributed by atoms with Gasteiger partial charge in [-0.05, 0) is 6.92 Å². The number of hydrogen-bond acceptors (Lipinski definition) is 2. The van der Waals surface area contributed by atoms with E-state index in [1.54, 1.807) is 0 Å². The Morgan fingerprint density at radius 2 is 2.00 bits per heavy atom. The number of hydrogen-bond donors (Lipinski definition) is 0. The SMILES string of the molecule is CCOC1=C(F)C(F)(F)OC1(Cl)Cl. The van der Waals surface area contributed by atoms with E-state index in [4.69, 9.17) is 23.2 Å². The summed E-state index contributed by atoms with van der Waals surface area (Å²) >= 11 is 10.5. The summed E-state index contributed by atoms with van der Waals surface area (Å²) < 4.78 is 43.5. The molecule has 13 heavy (non-hydrogen) atoms. The molecular formula is C6H5Cl2F3O2. The van der Waals surface area contributed by atoms with E-state index < -0.39 is 22.2 Å². The molecule has 0 fully saturated rings. The van der Waals surface area contributed by atoms with Gasteiger partial charge in [0.1, 0.15) is 0 Å². The van der Waals surface area contributed by atoms with Crippen molar-refractivity contribution in [1.82, 2.24) is 0 Å². The van der Waals surface area contributed by atoms with Crippen molar-refractivity contribution in [2.75, 3.05) is 6.61 Å². The van der Waals surface area contributed by atoms with Crippen molar-refractivity contribution in [3.05, 3.63) is 11.6 Å². The van der Waals surface area contributed by atoms with Gasteiger partial charge < -0.3 is 4.74 Å². The molecule has 1 aliphatic heterocycles. The maximum Gasteiger partial charge on any atom is 0.415 e. The van der Waals surface area contributed by atoms with Crippen molar-refractivity contribution in [3.63, 3.8) is 0 Å². The second-order valence-corrected chi connectivity index (χ2v) is 3.47. The fourth-order valence-electron chi connectivity index (χ4n) is 0.804. The Bertz CT molecular complexity index is 252. The van der Waals surface area contributed by atoms with Crippen LogP contribution in [0.15, 0.2) is 11.6 Å². The van der Waals surface area contributed by atoms with Gasteiger partial charge in [-0.2, -0.15) is 13.2 Å². The Morgan fingerprint density at radius 3 is 2.31 bits per heavy atom. The summed E-state index contributed by atoms with van der Waals surface area (Å²) in [4.78, 5) is 0. The molecule has 0 spiro atoms. The highest BCUT2D eigenvalue weighted by Crippen LogP contribution is 2.50. The minimum absolute atomic E-state index is 0.0383. The molecule has 0 saturated heterocycles. The molecule has 0 N–H and O–H groups in total. The molecule has 7 heteroatoms. The predicted octanol–water partition coefficient (Wildman–Crippen LogP) is 2.96. The summed E-state index contributed by atoms with van der Waals surface area (Å²) in [5.74, 6) is -2.78. The molecule has 1 heterocycles. The number of halogens is 5. The normalized spacial score (nSPS) is 25.1. The fraction of sp³-hybridized carbons (Fsp3) is 0.667. The smallest absolute Gasteiger partial charge is 0.415 e. The number of alkyl halides is 4. The maximum atomic E-state index is 12.8. The third kappa shape index (κ3) is 1.87. The van der Waals surface area contributed by atoms with Gasteiger partial charge in [0.05, 0.1) is 6.61 Å². The largest absolute Gasteiger partial charge is 0.490 e. The second-order valence-electron chi connectivity index (χ2n) is 2.21. The van der Waals surface area contributed by atoms with Gasteiger partial charge >= 0.3 is 6.11 Å². The molecule has 0 unspecified atom stereocenters. The quantitative estimate of drug-likeness (QED) is 0.687. The molecule has 0 radical (unpaired) electrons. The van der Waals surface area contributed by atoms with Crippen molar-refractivity contribution >= 4 is 23.2 Å². The van der Waals surface area contributed by atoms with Crippen LogP contribution in [0.5, 0.6) is 0 Å². The van der Waals surface area contributed by atoms with Crippen LogP contribution in [0.4, 0.5) is 13.2 Å². The third-order valence-electron chi connectivity index (χ3n) is 1.26. The van der Waals surface area contributed by atoms with Gasteiger partial charge in [-0.25, -0.2) is 0 Å². The highest BCUT2D eigenvalue weighted by Gasteiger charge is 2.59. The van der Waals surface area contributed by atoms with Gasteiger partial charge in [0.25, 0.3) is 4.52 Å². The van der Waals surface area contributed by atoms with Crippen LogP contribution in [-0.2, 0) is 9.47 Å². The van der Waals surface area contributed by atoms with Crippen LogP contribution in [-0.4, -0.2) is 17.2 Å². The van der Waals surface area contributed by atoms with Crippen LogP contribution in [0.1, 0.15) is 6.92 Å². The van der Waals surface area contributed by atoms with E-state index >= 15 is 0 Å². The molecular weight excluding hydrogens is 232 g/mol. The lowest BCUT2D eigenvalue weighted by Crippen LogP contribution is -2.23. The zero-order valence-corrected chi connectivity index (χ0v) is 7.93. The van der Waals surface area contributed by atoms with Crippen molar-refractivity contribution in [2.24, 2.45) is 0 Å². The van der Waals surface area contributed by atoms with Crippen molar-refractivity contribution in [2.45, 2.75) is 17.6 Å². The Morgan fingerprint density at radius 1 is 1.46 bits per heavy atom. The molecule has 0 amide bonds. The van der Waals surface area contributed by atoms with Gasteiger partial charge in [-0.1, -0.05) is 23.2 Å². The summed E-state index contributed by atoms with van der Waals surface area (Å²) in [6.45, 7) is 1.43. The Hall–Kier alpha value is -0.130. The monoisotopic (exact) mass is 236 g/mol. The van der Waals surface area contributed by atoms with E-state index in [1.165, 1.54) is 6.92 Å². The van der Waals surface area contributed by atoms with E-state index in [1.807, 2.05) is 0 Å². The topological polar surface area (TPSA) is 18.5 Å². The molecule has 0 atom stereocenters. The lowest BCUT2D eigenvalue weighted by Gasteiger charge is -2.16. The molecule has 0 aromatic carbocycles. The van der Waals surface area contributed by atoms with Crippen LogP contribution in [0, 0.1) is 0 Å². The summed E-state index contributed by atoms with van der Waals surface area (Å²) in [6, 6.07) is 0. The van der Waals surface area contributed by atoms with Crippen LogP contribution in [0.3, 0.4) is 0 Å². The first kappa shape index (κ1) is 10.9.